The first-order chi connectivity index (χ1) is 13.6. The third-order valence-corrected chi connectivity index (χ3v) is 4.28. The summed E-state index contributed by atoms with van der Waals surface area (Å²) in [4.78, 5) is 24.3. The Morgan fingerprint density at radius 3 is 2.57 bits per heavy atom. The molecule has 2 aromatic carbocycles. The maximum absolute atomic E-state index is 12.2. The van der Waals surface area contributed by atoms with Crippen molar-refractivity contribution in [2.24, 2.45) is 0 Å². The summed E-state index contributed by atoms with van der Waals surface area (Å²) in [5.41, 5.74) is 5.95. The fraction of sp³-hybridized carbons (Fsp3) is 0.143. The van der Waals surface area contributed by atoms with Crippen molar-refractivity contribution < 1.29 is 18.7 Å². The van der Waals surface area contributed by atoms with Crippen LogP contribution in [0.2, 0.25) is 5.02 Å². The first-order valence-corrected chi connectivity index (χ1v) is 9.01. The largest absolute Gasteiger partial charge is 0.496 e. The van der Waals surface area contributed by atoms with Crippen LogP contribution in [-0.2, 0) is 11.2 Å². The smallest absolute Gasteiger partial charge is 0.273 e. The topological polar surface area (TPSA) is 80.6 Å². The van der Waals surface area contributed by atoms with Gasteiger partial charge in [0.1, 0.15) is 17.3 Å². The summed E-state index contributed by atoms with van der Waals surface area (Å²) in [6, 6.07) is 18.1. The molecule has 0 saturated carbocycles. The van der Waals surface area contributed by atoms with Crippen LogP contribution in [0.4, 0.5) is 0 Å². The number of furan rings is 1. The molecule has 144 valence electrons. The molecule has 0 spiro atoms. The van der Waals surface area contributed by atoms with Crippen LogP contribution in [0.5, 0.6) is 5.75 Å². The summed E-state index contributed by atoms with van der Waals surface area (Å²) in [6.07, 6.45) is 0.573. The van der Waals surface area contributed by atoms with Gasteiger partial charge in [-0.2, -0.15) is 0 Å². The number of carbonyl (C=O) groups excluding carboxylic acids is 2. The van der Waals surface area contributed by atoms with E-state index in [1.807, 2.05) is 42.5 Å². The zero-order valence-corrected chi connectivity index (χ0v) is 16.0. The van der Waals surface area contributed by atoms with Gasteiger partial charge in [0.25, 0.3) is 5.91 Å². The Balaban J connectivity index is 1.51. The molecule has 0 saturated heterocycles. The molecule has 1 heterocycles. The number of benzene rings is 2. The monoisotopic (exact) mass is 398 g/mol. The van der Waals surface area contributed by atoms with E-state index in [9.17, 15) is 9.59 Å². The number of hydrogen-bond acceptors (Lipinski definition) is 4. The van der Waals surface area contributed by atoms with Gasteiger partial charge in [-0.05, 0) is 30.3 Å². The standard InChI is InChI=1S/C21H19ClN2O4/c1-27-19-10-7-15(22)13-17(19)21(26)24-23-20(25)12-9-16-8-11-18(28-16)14-5-3-2-4-6-14/h2-8,10-11,13H,9,12H2,1H3,(H,23,25)(H,24,26). The number of carbonyl (C=O) groups is 2. The molecule has 0 aliphatic rings. The summed E-state index contributed by atoms with van der Waals surface area (Å²) in [6.45, 7) is 0. The lowest BCUT2D eigenvalue weighted by Crippen LogP contribution is -2.41. The lowest BCUT2D eigenvalue weighted by molar-refractivity contribution is -0.121. The Bertz CT molecular complexity index is 970. The number of hydrazine groups is 1. The number of amides is 2. The SMILES string of the molecule is COc1ccc(Cl)cc1C(=O)NNC(=O)CCc1ccc(-c2ccccc2)o1. The van der Waals surface area contributed by atoms with Gasteiger partial charge in [0.2, 0.25) is 5.91 Å². The molecule has 7 heteroatoms. The van der Waals surface area contributed by atoms with Crippen LogP contribution in [0.3, 0.4) is 0 Å². The van der Waals surface area contributed by atoms with Gasteiger partial charge in [-0.1, -0.05) is 41.9 Å². The van der Waals surface area contributed by atoms with Crippen molar-refractivity contribution >= 4 is 23.4 Å². The van der Waals surface area contributed by atoms with E-state index in [0.717, 1.165) is 11.3 Å². The molecule has 0 radical (unpaired) electrons. The summed E-state index contributed by atoms with van der Waals surface area (Å²) in [7, 11) is 1.45. The Kier molecular flexibility index (Phi) is 6.34. The van der Waals surface area contributed by atoms with E-state index < -0.39 is 5.91 Å². The molecule has 0 unspecified atom stereocenters. The van der Waals surface area contributed by atoms with E-state index in [2.05, 4.69) is 10.9 Å². The first kappa shape index (κ1) is 19.5. The van der Waals surface area contributed by atoms with Gasteiger partial charge in [-0.3, -0.25) is 20.4 Å². The van der Waals surface area contributed by atoms with Gasteiger partial charge in [-0.15, -0.1) is 0 Å². The Labute approximate surface area is 167 Å². The maximum atomic E-state index is 12.2. The lowest BCUT2D eigenvalue weighted by atomic mass is 10.2. The van der Waals surface area contributed by atoms with Crippen molar-refractivity contribution in [2.75, 3.05) is 7.11 Å². The van der Waals surface area contributed by atoms with Gasteiger partial charge in [0, 0.05) is 23.4 Å². The van der Waals surface area contributed by atoms with E-state index in [1.165, 1.54) is 13.2 Å². The molecule has 3 rings (SSSR count). The summed E-state index contributed by atoms with van der Waals surface area (Å²) < 4.78 is 10.9. The van der Waals surface area contributed by atoms with E-state index in [1.54, 1.807) is 12.1 Å². The highest BCUT2D eigenvalue weighted by Crippen LogP contribution is 2.23. The van der Waals surface area contributed by atoms with E-state index in [0.29, 0.717) is 23.0 Å². The van der Waals surface area contributed by atoms with Crippen LogP contribution < -0.4 is 15.6 Å². The molecule has 1 aromatic heterocycles. The molecule has 0 bridgehead atoms. The van der Waals surface area contributed by atoms with Crippen LogP contribution in [-0.4, -0.2) is 18.9 Å². The molecule has 6 nitrogen and oxygen atoms in total. The number of hydrogen-bond donors (Lipinski definition) is 2. The molecular weight excluding hydrogens is 380 g/mol. The number of methoxy groups -OCH3 is 1. The third-order valence-electron chi connectivity index (χ3n) is 4.04. The van der Waals surface area contributed by atoms with Gasteiger partial charge in [-0.25, -0.2) is 0 Å². The van der Waals surface area contributed by atoms with E-state index >= 15 is 0 Å². The number of rotatable bonds is 6. The van der Waals surface area contributed by atoms with Crippen LogP contribution >= 0.6 is 11.6 Å². The van der Waals surface area contributed by atoms with Gasteiger partial charge in [0.05, 0.1) is 12.7 Å². The average molecular weight is 399 g/mol. The van der Waals surface area contributed by atoms with Crippen molar-refractivity contribution in [3.63, 3.8) is 0 Å². The number of ether oxygens (including phenoxy) is 1. The second kappa shape index (κ2) is 9.10. The lowest BCUT2D eigenvalue weighted by Gasteiger charge is -2.10. The van der Waals surface area contributed by atoms with Crippen molar-refractivity contribution in [1.29, 1.82) is 0 Å². The van der Waals surface area contributed by atoms with Crippen molar-refractivity contribution in [3.05, 3.63) is 77.0 Å². The molecule has 2 N–H and O–H groups in total. The quantitative estimate of drug-likeness (QED) is 0.615. The van der Waals surface area contributed by atoms with Crippen molar-refractivity contribution in [1.82, 2.24) is 10.9 Å². The second-order valence-corrected chi connectivity index (χ2v) is 6.42. The minimum Gasteiger partial charge on any atom is -0.496 e. The second-order valence-electron chi connectivity index (χ2n) is 5.98. The zero-order chi connectivity index (χ0) is 19.9. The average Bonchev–Trinajstić information content (AvgIpc) is 3.20. The van der Waals surface area contributed by atoms with Crippen LogP contribution in [0, 0.1) is 0 Å². The summed E-state index contributed by atoms with van der Waals surface area (Å²) >= 11 is 5.91. The Morgan fingerprint density at radius 1 is 1.04 bits per heavy atom. The van der Waals surface area contributed by atoms with Crippen molar-refractivity contribution in [3.8, 4) is 17.1 Å². The first-order valence-electron chi connectivity index (χ1n) is 8.63. The predicted molar refractivity (Wildman–Crippen MR) is 106 cm³/mol. The molecule has 2 amide bonds. The highest BCUT2D eigenvalue weighted by atomic mass is 35.5. The highest BCUT2D eigenvalue weighted by Gasteiger charge is 2.14. The minimum absolute atomic E-state index is 0.161. The third kappa shape index (κ3) is 4.92. The van der Waals surface area contributed by atoms with E-state index in [4.69, 9.17) is 20.8 Å². The molecular formula is C21H19ClN2O4. The molecule has 28 heavy (non-hydrogen) atoms. The number of halogens is 1. The molecule has 3 aromatic rings. The maximum Gasteiger partial charge on any atom is 0.273 e. The zero-order valence-electron chi connectivity index (χ0n) is 15.2. The van der Waals surface area contributed by atoms with Gasteiger partial charge >= 0.3 is 0 Å². The molecule has 0 aliphatic carbocycles. The highest BCUT2D eigenvalue weighted by molar-refractivity contribution is 6.31. The molecule has 0 aliphatic heterocycles. The van der Waals surface area contributed by atoms with Gasteiger partial charge < -0.3 is 9.15 Å². The Morgan fingerprint density at radius 2 is 1.82 bits per heavy atom. The number of aryl methyl sites for hydroxylation is 1. The van der Waals surface area contributed by atoms with E-state index in [-0.39, 0.29) is 17.9 Å². The van der Waals surface area contributed by atoms with Crippen LogP contribution in [0.25, 0.3) is 11.3 Å². The fourth-order valence-electron chi connectivity index (χ4n) is 2.62. The predicted octanol–water partition coefficient (Wildman–Crippen LogP) is 4.00. The summed E-state index contributed by atoms with van der Waals surface area (Å²) in [5, 5.41) is 0.393. The summed E-state index contributed by atoms with van der Waals surface area (Å²) in [5.74, 6) is 0.943. The van der Waals surface area contributed by atoms with Crippen molar-refractivity contribution in [2.45, 2.75) is 12.8 Å². The van der Waals surface area contributed by atoms with Crippen LogP contribution in [0.1, 0.15) is 22.5 Å². The van der Waals surface area contributed by atoms with Gasteiger partial charge in [0.15, 0.2) is 0 Å². The fourth-order valence-corrected chi connectivity index (χ4v) is 2.79. The minimum atomic E-state index is -0.517. The molecule has 0 atom stereocenters. The van der Waals surface area contributed by atoms with Crippen LogP contribution in [0.15, 0.2) is 65.1 Å². The number of nitrogens with one attached hydrogen (secondary N) is 2. The Hall–Kier alpha value is -3.25. The molecule has 0 fully saturated rings. The normalized spacial score (nSPS) is 10.4.